The average molecular weight is 731 g/mol. The molecular formula is C51H31BN2OS. The van der Waals surface area contributed by atoms with Crippen LogP contribution >= 0.6 is 11.3 Å². The Bertz CT molecular complexity index is 3600. The van der Waals surface area contributed by atoms with Gasteiger partial charge in [-0.1, -0.05) is 123 Å². The van der Waals surface area contributed by atoms with Gasteiger partial charge in [0.1, 0.15) is 5.58 Å². The van der Waals surface area contributed by atoms with Crippen molar-refractivity contribution in [1.29, 1.82) is 0 Å². The third-order valence-corrected chi connectivity index (χ3v) is 14.5. The summed E-state index contributed by atoms with van der Waals surface area (Å²) >= 11 is 1.91. The van der Waals surface area contributed by atoms with Crippen molar-refractivity contribution in [1.82, 2.24) is 4.57 Å². The summed E-state index contributed by atoms with van der Waals surface area (Å²) in [7, 11) is 0. The van der Waals surface area contributed by atoms with E-state index in [1.165, 1.54) is 103 Å². The molecule has 5 heterocycles. The maximum absolute atomic E-state index is 7.06. The zero-order chi connectivity index (χ0) is 36.6. The SMILES string of the molecule is CC1(C)c2ccccc2-c2ccc(N3B4c5c(cc6c(oc7ccccc76)c5-n5c6c4cccc6c4sc6ccccc6c45)-c4cc5ccccc5cc43)cc21. The first-order valence-electron chi connectivity index (χ1n) is 19.5. The number of nitrogens with zero attached hydrogens (tertiary/aromatic N) is 2. The molecule has 11 aromatic rings. The predicted octanol–water partition coefficient (Wildman–Crippen LogP) is 12.6. The number of thiophene rings is 1. The quantitative estimate of drug-likeness (QED) is 0.157. The van der Waals surface area contributed by atoms with Gasteiger partial charge in [-0.3, -0.25) is 0 Å². The van der Waals surface area contributed by atoms with Crippen LogP contribution in [0.1, 0.15) is 25.0 Å². The lowest BCUT2D eigenvalue weighted by molar-refractivity contribution is 0.660. The van der Waals surface area contributed by atoms with Gasteiger partial charge in [-0.05, 0) is 92.0 Å². The molecule has 0 saturated heterocycles. The Kier molecular flexibility index (Phi) is 5.31. The summed E-state index contributed by atoms with van der Waals surface area (Å²) in [5.74, 6) is 0. The monoisotopic (exact) mass is 730 g/mol. The molecule has 14 rings (SSSR count). The van der Waals surface area contributed by atoms with Gasteiger partial charge in [-0.25, -0.2) is 0 Å². The van der Waals surface area contributed by atoms with E-state index in [1.807, 2.05) is 11.3 Å². The second-order valence-corrected chi connectivity index (χ2v) is 17.5. The first-order valence-corrected chi connectivity index (χ1v) is 20.4. The molecule has 0 amide bonds. The second kappa shape index (κ2) is 10.00. The van der Waals surface area contributed by atoms with Crippen molar-refractivity contribution in [2.45, 2.75) is 19.3 Å². The molecule has 8 aromatic carbocycles. The molecule has 0 radical (unpaired) electrons. The van der Waals surface area contributed by atoms with E-state index < -0.39 is 0 Å². The van der Waals surface area contributed by atoms with E-state index in [0.29, 0.717) is 0 Å². The summed E-state index contributed by atoms with van der Waals surface area (Å²) in [6.07, 6.45) is 0. The van der Waals surface area contributed by atoms with Crippen molar-refractivity contribution in [2.24, 2.45) is 0 Å². The lowest BCUT2D eigenvalue weighted by atomic mass is 9.44. The van der Waals surface area contributed by atoms with Gasteiger partial charge in [0.25, 0.3) is 0 Å². The zero-order valence-electron chi connectivity index (χ0n) is 30.7. The lowest BCUT2D eigenvalue weighted by Crippen LogP contribution is -2.60. The van der Waals surface area contributed by atoms with Crippen molar-refractivity contribution in [3.63, 3.8) is 0 Å². The first-order chi connectivity index (χ1) is 27.5. The van der Waals surface area contributed by atoms with Crippen LogP contribution in [0.4, 0.5) is 11.4 Å². The summed E-state index contributed by atoms with van der Waals surface area (Å²) in [4.78, 5) is 2.67. The first kappa shape index (κ1) is 29.8. The number of hydrogen-bond acceptors (Lipinski definition) is 3. The number of hydrogen-bond donors (Lipinski definition) is 0. The van der Waals surface area contributed by atoms with Crippen LogP contribution in [-0.4, -0.2) is 11.4 Å². The maximum atomic E-state index is 7.06. The van der Waals surface area contributed by atoms with Crippen molar-refractivity contribution in [2.75, 3.05) is 4.81 Å². The highest BCUT2D eigenvalue weighted by molar-refractivity contribution is 7.26. The smallest absolute Gasteiger partial charge is 0.333 e. The normalized spacial score (nSPS) is 14.7. The van der Waals surface area contributed by atoms with E-state index in [0.717, 1.165) is 21.9 Å². The van der Waals surface area contributed by atoms with Crippen molar-refractivity contribution < 1.29 is 4.42 Å². The van der Waals surface area contributed by atoms with E-state index >= 15 is 0 Å². The molecule has 56 heavy (non-hydrogen) atoms. The van der Waals surface area contributed by atoms with Crippen LogP contribution in [0.3, 0.4) is 0 Å². The fourth-order valence-electron chi connectivity index (χ4n) is 10.9. The van der Waals surface area contributed by atoms with E-state index in [4.69, 9.17) is 4.42 Å². The molecule has 3 aromatic heterocycles. The Hall–Kier alpha value is -6.56. The van der Waals surface area contributed by atoms with Crippen LogP contribution in [0.25, 0.3) is 91.9 Å². The van der Waals surface area contributed by atoms with Gasteiger partial charge < -0.3 is 13.8 Å². The third-order valence-electron chi connectivity index (χ3n) is 13.3. The van der Waals surface area contributed by atoms with E-state index in [9.17, 15) is 0 Å². The van der Waals surface area contributed by atoms with Crippen molar-refractivity contribution in [3.05, 3.63) is 163 Å². The van der Waals surface area contributed by atoms with Crippen molar-refractivity contribution >= 4 is 104 Å². The molecule has 1 aliphatic carbocycles. The van der Waals surface area contributed by atoms with E-state index in [1.54, 1.807) is 0 Å². The van der Waals surface area contributed by atoms with E-state index in [2.05, 4.69) is 175 Å². The Balaban J connectivity index is 1.18. The molecule has 0 unspecified atom stereocenters. The number of furan rings is 1. The molecule has 2 aliphatic heterocycles. The lowest BCUT2D eigenvalue weighted by Gasteiger charge is -2.42. The minimum atomic E-state index is -0.125. The standard InChI is InChI=1S/C51H31BN2OS/c1-51(2)39-18-8-5-14-31(39)32-23-22-30(26-40(32)51)54-42-25-29-13-4-3-12-28(29)24-36(42)37-27-38-33-15-6-9-20-43(33)55-49(38)48-45(37)52(54)41-19-11-17-35-46(41)53(48)47-34-16-7-10-21-44(34)56-50(35)47/h3-27H,1-2H3. The largest absolute Gasteiger partial charge is 0.454 e. The summed E-state index contributed by atoms with van der Waals surface area (Å²) in [5.41, 5.74) is 18.5. The van der Waals surface area contributed by atoms with Gasteiger partial charge >= 0.3 is 6.85 Å². The topological polar surface area (TPSA) is 21.3 Å². The maximum Gasteiger partial charge on any atom is 0.333 e. The Morgan fingerprint density at radius 2 is 1.32 bits per heavy atom. The number of fused-ring (bicyclic) bond motifs is 17. The van der Waals surface area contributed by atoms with Crippen LogP contribution in [-0.2, 0) is 5.41 Å². The number of para-hydroxylation sites is 2. The Labute approximate surface area is 326 Å². The molecule has 3 aliphatic rings. The van der Waals surface area contributed by atoms with Crippen molar-refractivity contribution in [3.8, 4) is 27.9 Å². The van der Waals surface area contributed by atoms with E-state index in [-0.39, 0.29) is 12.3 Å². The molecule has 0 N–H and O–H groups in total. The minimum absolute atomic E-state index is 0.0947. The highest BCUT2D eigenvalue weighted by Crippen LogP contribution is 2.53. The molecule has 0 atom stereocenters. The van der Waals surface area contributed by atoms with Gasteiger partial charge in [-0.15, -0.1) is 11.3 Å². The van der Waals surface area contributed by atoms with Gasteiger partial charge in [0.2, 0.25) is 0 Å². The molecule has 0 fully saturated rings. The fourth-order valence-corrected chi connectivity index (χ4v) is 12.1. The number of rotatable bonds is 1. The van der Waals surface area contributed by atoms with Gasteiger partial charge in [0, 0.05) is 48.6 Å². The second-order valence-electron chi connectivity index (χ2n) is 16.4. The van der Waals surface area contributed by atoms with Crippen LogP contribution in [0.15, 0.2) is 156 Å². The molecule has 3 nitrogen and oxygen atoms in total. The van der Waals surface area contributed by atoms with Crippen LogP contribution < -0.4 is 15.7 Å². The highest BCUT2D eigenvalue weighted by atomic mass is 32.1. The molecule has 0 saturated carbocycles. The van der Waals surface area contributed by atoms with Gasteiger partial charge in [0.15, 0.2) is 5.58 Å². The Morgan fingerprint density at radius 3 is 2.23 bits per heavy atom. The number of benzene rings is 8. The van der Waals surface area contributed by atoms with Crippen LogP contribution in [0.5, 0.6) is 0 Å². The van der Waals surface area contributed by atoms with Gasteiger partial charge in [-0.2, -0.15) is 0 Å². The van der Waals surface area contributed by atoms with Crippen LogP contribution in [0, 0.1) is 0 Å². The predicted molar refractivity (Wildman–Crippen MR) is 238 cm³/mol. The highest BCUT2D eigenvalue weighted by Gasteiger charge is 2.46. The summed E-state index contributed by atoms with van der Waals surface area (Å²) in [6, 6.07) is 56.8. The summed E-state index contributed by atoms with van der Waals surface area (Å²) in [6.45, 7) is 4.68. The minimum Gasteiger partial charge on any atom is -0.454 e. The van der Waals surface area contributed by atoms with Crippen LogP contribution in [0.2, 0.25) is 0 Å². The number of aromatic nitrogens is 1. The zero-order valence-corrected chi connectivity index (χ0v) is 31.5. The molecule has 5 heteroatoms. The van der Waals surface area contributed by atoms with Gasteiger partial charge in [0.05, 0.1) is 21.4 Å². The summed E-state index contributed by atoms with van der Waals surface area (Å²) < 4.78 is 12.3. The molecule has 260 valence electrons. The molecule has 0 spiro atoms. The fraction of sp³-hybridized carbons (Fsp3) is 0.0588. The number of anilines is 2. The third kappa shape index (κ3) is 3.44. The Morgan fingerprint density at radius 1 is 0.571 bits per heavy atom. The summed E-state index contributed by atoms with van der Waals surface area (Å²) in [5, 5.41) is 7.38. The average Bonchev–Trinajstić information content (AvgIpc) is 3.96. The molecular weight excluding hydrogens is 699 g/mol. The molecule has 0 bridgehead atoms.